The number of nitrogens with two attached hydrogens (primary N) is 1. The number of hydrogen-bond donors (Lipinski definition) is 5. The highest BCUT2D eigenvalue weighted by Gasteiger charge is 2.32. The number of methoxy groups -OCH3 is 3. The summed E-state index contributed by atoms with van der Waals surface area (Å²) in [7, 11) is 3.71. The molecule has 0 aromatic heterocycles. The van der Waals surface area contributed by atoms with E-state index in [1.165, 1.54) is 122 Å². The number of carbonyl (C=O) groups excluding carboxylic acids is 5. The minimum Gasteiger partial charge on any atom is -0.468 e. The molecule has 0 saturated carbocycles. The van der Waals surface area contributed by atoms with Crippen LogP contribution in [0.25, 0.3) is 0 Å². The number of ether oxygens (including phenoxy) is 3. The van der Waals surface area contributed by atoms with Gasteiger partial charge in [0.2, 0.25) is 0 Å². The van der Waals surface area contributed by atoms with Gasteiger partial charge in [-0.1, -0.05) is 36.4 Å². The summed E-state index contributed by atoms with van der Waals surface area (Å²) in [5.74, 6) is -1.64. The maximum Gasteiger partial charge on any atom is 0.393 e. The van der Waals surface area contributed by atoms with E-state index < -0.39 is 84.4 Å². The molecular formula is C41H51F9N6O9. The fourth-order valence-electron chi connectivity index (χ4n) is 4.55. The Kier molecular flexibility index (Phi) is 22.6. The van der Waals surface area contributed by atoms with Gasteiger partial charge in [0.1, 0.15) is 22.3 Å². The van der Waals surface area contributed by atoms with Gasteiger partial charge in [-0.05, 0) is 99.8 Å². The van der Waals surface area contributed by atoms with Crippen molar-refractivity contribution < 1.29 is 77.7 Å². The molecule has 0 atom stereocenters. The van der Waals surface area contributed by atoms with Crippen molar-refractivity contribution in [2.75, 3.05) is 32.0 Å². The number of amides is 4. The van der Waals surface area contributed by atoms with E-state index in [-0.39, 0.29) is 22.4 Å². The molecule has 4 amide bonds. The molecule has 0 fully saturated rings. The van der Waals surface area contributed by atoms with E-state index in [0.29, 0.717) is 11.4 Å². The predicted molar refractivity (Wildman–Crippen MR) is 221 cm³/mol. The van der Waals surface area contributed by atoms with Crippen LogP contribution in [0.15, 0.2) is 78.0 Å². The summed E-state index contributed by atoms with van der Waals surface area (Å²) in [5, 5.41) is 12.2. The zero-order valence-electron chi connectivity index (χ0n) is 36.7. The third-order valence-corrected chi connectivity index (χ3v) is 7.63. The molecule has 0 aliphatic heterocycles. The van der Waals surface area contributed by atoms with E-state index in [1.807, 2.05) is 0 Å². The zero-order valence-corrected chi connectivity index (χ0v) is 36.7. The second kappa shape index (κ2) is 25.1. The second-order valence-electron chi connectivity index (χ2n) is 15.1. The lowest BCUT2D eigenvalue weighted by atomic mass is 10.1. The Bertz CT molecular complexity index is 1900. The predicted octanol–water partition coefficient (Wildman–Crippen LogP) is 8.82. The molecule has 3 aromatic carbocycles. The minimum absolute atomic E-state index is 0.0911. The van der Waals surface area contributed by atoms with Gasteiger partial charge in [0.25, 0.3) is 0 Å². The summed E-state index contributed by atoms with van der Waals surface area (Å²) >= 11 is 0. The lowest BCUT2D eigenvalue weighted by Gasteiger charge is -2.23. The number of hydrogen-bond acceptors (Lipinski definition) is 11. The summed E-state index contributed by atoms with van der Waals surface area (Å²) in [4.78, 5) is 66.8. The number of carbonyl (C=O) groups is 5. The molecule has 362 valence electrons. The monoisotopic (exact) mass is 942 g/mol. The van der Waals surface area contributed by atoms with Gasteiger partial charge >= 0.3 is 48.5 Å². The Morgan fingerprint density at radius 2 is 0.754 bits per heavy atom. The van der Waals surface area contributed by atoms with Gasteiger partial charge in [0.05, 0.1) is 40.6 Å². The third-order valence-electron chi connectivity index (χ3n) is 7.63. The SMILES string of the molecule is COC(=O)C(C)(C)N.COC(=O)C(C)(C)NC(=O)Nc1ccc(CC(F)(F)F)cc1.COC(=O)C(C)(C)NC(=O)Nc1ccc(CC(F)(F)F)cc1.O=Nc1ccc(CC(F)(F)F)cc1. The zero-order chi connectivity index (χ0) is 50.6. The lowest BCUT2D eigenvalue weighted by molar-refractivity contribution is -0.147. The van der Waals surface area contributed by atoms with Gasteiger partial charge in [-0.15, -0.1) is 4.91 Å². The van der Waals surface area contributed by atoms with Crippen LogP contribution in [0, 0.1) is 4.91 Å². The largest absolute Gasteiger partial charge is 0.468 e. The Morgan fingerprint density at radius 1 is 0.492 bits per heavy atom. The van der Waals surface area contributed by atoms with E-state index in [4.69, 9.17) is 5.73 Å². The number of nitroso groups, excluding NO2 is 1. The number of rotatable bonds is 11. The molecule has 0 unspecified atom stereocenters. The summed E-state index contributed by atoms with van der Waals surface area (Å²) in [6, 6.07) is 14.2. The van der Waals surface area contributed by atoms with Gasteiger partial charge in [0, 0.05) is 11.4 Å². The Morgan fingerprint density at radius 3 is 0.954 bits per heavy atom. The van der Waals surface area contributed by atoms with Crippen molar-refractivity contribution in [3.63, 3.8) is 0 Å². The first-order valence-electron chi connectivity index (χ1n) is 18.6. The molecule has 0 heterocycles. The van der Waals surface area contributed by atoms with Crippen molar-refractivity contribution in [2.24, 2.45) is 10.9 Å². The van der Waals surface area contributed by atoms with Crippen LogP contribution in [0.1, 0.15) is 58.2 Å². The van der Waals surface area contributed by atoms with E-state index in [1.54, 1.807) is 13.8 Å². The molecule has 0 saturated heterocycles. The second-order valence-corrected chi connectivity index (χ2v) is 15.1. The number of anilines is 2. The van der Waals surface area contributed by atoms with Crippen LogP contribution >= 0.6 is 0 Å². The Balaban J connectivity index is 0.000000893. The van der Waals surface area contributed by atoms with E-state index in [0.717, 1.165) is 0 Å². The van der Waals surface area contributed by atoms with E-state index >= 15 is 0 Å². The molecule has 15 nitrogen and oxygen atoms in total. The number of benzene rings is 3. The van der Waals surface area contributed by atoms with E-state index in [2.05, 4.69) is 40.7 Å². The Labute approximate surface area is 368 Å². The summed E-state index contributed by atoms with van der Waals surface area (Å²) < 4.78 is 122. The van der Waals surface area contributed by atoms with E-state index in [9.17, 15) is 68.4 Å². The minimum atomic E-state index is -4.28. The third kappa shape index (κ3) is 26.1. The lowest BCUT2D eigenvalue weighted by Crippen LogP contribution is -2.51. The van der Waals surface area contributed by atoms with Crippen molar-refractivity contribution in [1.29, 1.82) is 0 Å². The Hall–Kier alpha value is -6.46. The smallest absolute Gasteiger partial charge is 0.393 e. The van der Waals surface area contributed by atoms with Gasteiger partial charge in [-0.3, -0.25) is 4.79 Å². The number of alkyl halides is 9. The number of urea groups is 2. The van der Waals surface area contributed by atoms with Crippen molar-refractivity contribution >= 4 is 47.0 Å². The standard InChI is InChI=1S/2C14H17F3N2O3.C8H6F3NO.C5H11NO2/c2*1-13(2,11(20)22-3)19-12(21)18-10-6-4-9(5-7-10)8-14(15,16)17;9-8(10,11)5-6-1-3-7(12-13)4-2-6;1-5(2,6)4(7)8-3/h2*4-7H,8H2,1-3H3,(H2,18,19,21);1-4H,5H2;6H2,1-3H3. The number of nitrogens with one attached hydrogen (secondary N) is 4. The molecule has 6 N–H and O–H groups in total. The molecule has 0 radical (unpaired) electrons. The summed E-state index contributed by atoms with van der Waals surface area (Å²) in [6.45, 7) is 9.04. The summed E-state index contributed by atoms with van der Waals surface area (Å²) in [5.41, 5.74) is 3.06. The first kappa shape index (κ1) is 58.5. The highest BCUT2D eigenvalue weighted by molar-refractivity contribution is 5.94. The highest BCUT2D eigenvalue weighted by atomic mass is 19.4. The number of nitrogens with zero attached hydrogens (tertiary/aromatic N) is 1. The average Bonchev–Trinajstić information content (AvgIpc) is 3.17. The normalized spacial score (nSPS) is 11.6. The summed E-state index contributed by atoms with van der Waals surface area (Å²) in [6.07, 6.45) is -15.8. The van der Waals surface area contributed by atoms with Crippen LogP contribution in [-0.4, -0.2) is 86.4 Å². The fraction of sp³-hybridized carbons (Fsp3) is 0.439. The molecule has 3 aromatic rings. The number of esters is 3. The first-order valence-corrected chi connectivity index (χ1v) is 18.6. The van der Waals surface area contributed by atoms with Gasteiger partial charge in [0.15, 0.2) is 0 Å². The molecule has 65 heavy (non-hydrogen) atoms. The fourth-order valence-corrected chi connectivity index (χ4v) is 4.55. The van der Waals surface area contributed by atoms with Crippen molar-refractivity contribution in [3.05, 3.63) is 94.4 Å². The maximum atomic E-state index is 12.2. The number of halogens is 9. The molecule has 3 rings (SSSR count). The molecule has 0 aliphatic rings. The molecule has 24 heteroatoms. The van der Waals surface area contributed by atoms with Crippen LogP contribution in [0.2, 0.25) is 0 Å². The van der Waals surface area contributed by atoms with Gasteiger partial charge in [-0.25, -0.2) is 19.2 Å². The van der Waals surface area contributed by atoms with Gasteiger partial charge in [-0.2, -0.15) is 39.5 Å². The maximum absolute atomic E-state index is 12.2. The highest BCUT2D eigenvalue weighted by Crippen LogP contribution is 2.25. The quantitative estimate of drug-likeness (QED) is 0.0533. The van der Waals surface area contributed by atoms with Crippen molar-refractivity contribution in [2.45, 2.75) is 96.0 Å². The topological polar surface area (TPSA) is 217 Å². The van der Waals surface area contributed by atoms with Crippen molar-refractivity contribution in [1.82, 2.24) is 10.6 Å². The molecule has 0 bridgehead atoms. The van der Waals surface area contributed by atoms with Crippen LogP contribution < -0.4 is 27.0 Å². The van der Waals surface area contributed by atoms with Crippen LogP contribution in [0.3, 0.4) is 0 Å². The molecule has 0 spiro atoms. The first-order chi connectivity index (χ1) is 29.6. The average molecular weight is 943 g/mol. The van der Waals surface area contributed by atoms with Gasteiger partial charge < -0.3 is 41.2 Å². The van der Waals surface area contributed by atoms with Crippen LogP contribution in [0.5, 0.6) is 0 Å². The van der Waals surface area contributed by atoms with Crippen LogP contribution in [-0.2, 0) is 47.9 Å². The molecule has 0 aliphatic carbocycles. The van der Waals surface area contributed by atoms with Crippen molar-refractivity contribution in [3.8, 4) is 0 Å². The molecular weight excluding hydrogens is 891 g/mol. The van der Waals surface area contributed by atoms with Crippen LogP contribution in [0.4, 0.5) is 66.2 Å².